The Morgan fingerprint density at radius 3 is 2.75 bits per heavy atom. The van der Waals surface area contributed by atoms with Gasteiger partial charge in [-0.15, -0.1) is 0 Å². The van der Waals surface area contributed by atoms with Crippen molar-refractivity contribution in [1.29, 1.82) is 0 Å². The van der Waals surface area contributed by atoms with E-state index in [1.807, 2.05) is 0 Å². The van der Waals surface area contributed by atoms with E-state index in [4.69, 9.17) is 0 Å². The molecule has 0 saturated carbocycles. The number of hydrogen-bond donors (Lipinski definition) is 1. The van der Waals surface area contributed by atoms with Crippen molar-refractivity contribution in [2.75, 3.05) is 11.9 Å². The maximum absolute atomic E-state index is 13.3. The van der Waals surface area contributed by atoms with Gasteiger partial charge in [-0.3, -0.25) is 19.3 Å². The zero-order valence-electron chi connectivity index (χ0n) is 13.0. The van der Waals surface area contributed by atoms with E-state index < -0.39 is 30.1 Å². The van der Waals surface area contributed by atoms with Crippen molar-refractivity contribution in [3.05, 3.63) is 65.0 Å². The SMILES string of the molecule is Cc1ccc(F)cc1NC(=O)CN1C(=O)Cc2ccccc2C1=O. The normalized spacial score (nSPS) is 13.7. The van der Waals surface area contributed by atoms with E-state index in [9.17, 15) is 18.8 Å². The van der Waals surface area contributed by atoms with Crippen LogP contribution >= 0.6 is 0 Å². The molecule has 5 nitrogen and oxygen atoms in total. The molecule has 24 heavy (non-hydrogen) atoms. The lowest BCUT2D eigenvalue weighted by molar-refractivity contribution is -0.131. The number of carbonyl (C=O) groups is 3. The van der Waals surface area contributed by atoms with Crippen molar-refractivity contribution in [2.24, 2.45) is 0 Å². The summed E-state index contributed by atoms with van der Waals surface area (Å²) in [6, 6.07) is 10.8. The number of halogens is 1. The van der Waals surface area contributed by atoms with Gasteiger partial charge in [0, 0.05) is 11.3 Å². The molecule has 1 heterocycles. The smallest absolute Gasteiger partial charge is 0.261 e. The standard InChI is InChI=1S/C18H15FN2O3/c1-11-6-7-13(19)9-15(11)20-16(22)10-21-17(23)8-12-4-2-3-5-14(12)18(21)24/h2-7,9H,8,10H2,1H3,(H,20,22). The van der Waals surface area contributed by atoms with Crippen LogP contribution in [0.1, 0.15) is 21.5 Å². The van der Waals surface area contributed by atoms with Gasteiger partial charge in [0.1, 0.15) is 12.4 Å². The average Bonchev–Trinajstić information content (AvgIpc) is 2.55. The van der Waals surface area contributed by atoms with Crippen LogP contribution in [-0.2, 0) is 16.0 Å². The third-order valence-corrected chi connectivity index (χ3v) is 3.91. The molecule has 0 atom stereocenters. The van der Waals surface area contributed by atoms with Crippen LogP contribution < -0.4 is 5.32 Å². The third kappa shape index (κ3) is 3.03. The van der Waals surface area contributed by atoms with Crippen LogP contribution in [0.5, 0.6) is 0 Å². The highest BCUT2D eigenvalue weighted by Gasteiger charge is 2.31. The van der Waals surface area contributed by atoms with E-state index in [1.165, 1.54) is 12.1 Å². The van der Waals surface area contributed by atoms with Crippen molar-refractivity contribution in [1.82, 2.24) is 4.90 Å². The Kier molecular flexibility index (Phi) is 4.12. The Morgan fingerprint density at radius 1 is 1.21 bits per heavy atom. The lowest BCUT2D eigenvalue weighted by Crippen LogP contribution is -2.46. The zero-order chi connectivity index (χ0) is 17.3. The van der Waals surface area contributed by atoms with Crippen molar-refractivity contribution in [2.45, 2.75) is 13.3 Å². The van der Waals surface area contributed by atoms with Crippen LogP contribution in [0.15, 0.2) is 42.5 Å². The fraction of sp³-hybridized carbons (Fsp3) is 0.167. The van der Waals surface area contributed by atoms with Gasteiger partial charge in [-0.2, -0.15) is 0 Å². The second kappa shape index (κ2) is 6.23. The first-order valence-electron chi connectivity index (χ1n) is 7.44. The molecule has 2 aromatic carbocycles. The third-order valence-electron chi connectivity index (χ3n) is 3.91. The van der Waals surface area contributed by atoms with E-state index in [0.717, 1.165) is 4.90 Å². The van der Waals surface area contributed by atoms with Crippen LogP contribution in [0.3, 0.4) is 0 Å². The summed E-state index contributed by atoms with van der Waals surface area (Å²) in [5, 5.41) is 2.54. The minimum Gasteiger partial charge on any atom is -0.324 e. The average molecular weight is 326 g/mol. The van der Waals surface area contributed by atoms with Crippen molar-refractivity contribution < 1.29 is 18.8 Å². The number of aryl methyl sites for hydroxylation is 1. The summed E-state index contributed by atoms with van der Waals surface area (Å²) >= 11 is 0. The van der Waals surface area contributed by atoms with Gasteiger partial charge in [-0.05, 0) is 36.2 Å². The monoisotopic (exact) mass is 326 g/mol. The lowest BCUT2D eigenvalue weighted by atomic mass is 9.98. The molecular formula is C18H15FN2O3. The van der Waals surface area contributed by atoms with Gasteiger partial charge in [0.25, 0.3) is 5.91 Å². The maximum Gasteiger partial charge on any atom is 0.261 e. The molecule has 1 aliphatic heterocycles. The molecule has 1 N–H and O–H groups in total. The van der Waals surface area contributed by atoms with Crippen molar-refractivity contribution in [3.63, 3.8) is 0 Å². The molecule has 1 aliphatic rings. The van der Waals surface area contributed by atoms with Gasteiger partial charge >= 0.3 is 0 Å². The number of nitrogens with zero attached hydrogens (tertiary/aromatic N) is 1. The molecular weight excluding hydrogens is 311 g/mol. The van der Waals surface area contributed by atoms with Gasteiger partial charge in [-0.1, -0.05) is 24.3 Å². The Bertz CT molecular complexity index is 848. The summed E-state index contributed by atoms with van der Waals surface area (Å²) in [6.45, 7) is 1.32. The Hall–Kier alpha value is -3.02. The molecule has 0 radical (unpaired) electrons. The summed E-state index contributed by atoms with van der Waals surface area (Å²) < 4.78 is 13.3. The lowest BCUT2D eigenvalue weighted by Gasteiger charge is -2.26. The van der Waals surface area contributed by atoms with E-state index in [2.05, 4.69) is 5.32 Å². The predicted molar refractivity (Wildman–Crippen MR) is 86.0 cm³/mol. The summed E-state index contributed by atoms with van der Waals surface area (Å²) in [4.78, 5) is 37.6. The zero-order valence-corrected chi connectivity index (χ0v) is 13.0. The summed E-state index contributed by atoms with van der Waals surface area (Å²) in [7, 11) is 0. The Balaban J connectivity index is 1.76. The second-order valence-electron chi connectivity index (χ2n) is 5.63. The number of amides is 3. The number of benzene rings is 2. The van der Waals surface area contributed by atoms with Crippen LogP contribution in [0, 0.1) is 12.7 Å². The van der Waals surface area contributed by atoms with E-state index >= 15 is 0 Å². The first kappa shape index (κ1) is 15.9. The number of rotatable bonds is 3. The number of nitrogens with one attached hydrogen (secondary N) is 1. The first-order chi connectivity index (χ1) is 11.5. The van der Waals surface area contributed by atoms with Gasteiger partial charge in [0.15, 0.2) is 0 Å². The summed E-state index contributed by atoms with van der Waals surface area (Å²) in [6.07, 6.45) is 0.0776. The highest BCUT2D eigenvalue weighted by Crippen LogP contribution is 2.20. The quantitative estimate of drug-likeness (QED) is 0.880. The fourth-order valence-corrected chi connectivity index (χ4v) is 2.62. The molecule has 0 saturated heterocycles. The van der Waals surface area contributed by atoms with Crippen LogP contribution in [0.25, 0.3) is 0 Å². The van der Waals surface area contributed by atoms with Gasteiger partial charge < -0.3 is 5.32 Å². The van der Waals surface area contributed by atoms with E-state index in [-0.39, 0.29) is 6.42 Å². The number of imide groups is 1. The van der Waals surface area contributed by atoms with Crippen LogP contribution in [0.2, 0.25) is 0 Å². The van der Waals surface area contributed by atoms with Gasteiger partial charge in [0.05, 0.1) is 6.42 Å². The maximum atomic E-state index is 13.3. The Labute approximate surface area is 138 Å². The van der Waals surface area contributed by atoms with Crippen LogP contribution in [-0.4, -0.2) is 29.2 Å². The molecule has 0 aromatic heterocycles. The highest BCUT2D eigenvalue weighted by molar-refractivity contribution is 6.12. The molecule has 3 amide bonds. The molecule has 0 bridgehead atoms. The first-order valence-corrected chi connectivity index (χ1v) is 7.44. The molecule has 6 heteroatoms. The fourth-order valence-electron chi connectivity index (χ4n) is 2.62. The largest absolute Gasteiger partial charge is 0.324 e. The van der Waals surface area contributed by atoms with E-state index in [1.54, 1.807) is 37.3 Å². The summed E-state index contributed by atoms with van der Waals surface area (Å²) in [5.74, 6) is -1.95. The minimum absolute atomic E-state index is 0.0776. The highest BCUT2D eigenvalue weighted by atomic mass is 19.1. The van der Waals surface area contributed by atoms with Gasteiger partial charge in [-0.25, -0.2) is 4.39 Å². The number of fused-ring (bicyclic) bond motifs is 1. The summed E-state index contributed by atoms with van der Waals surface area (Å²) in [5.41, 5.74) is 2.08. The molecule has 0 fully saturated rings. The Morgan fingerprint density at radius 2 is 1.96 bits per heavy atom. The van der Waals surface area contributed by atoms with E-state index in [0.29, 0.717) is 22.4 Å². The molecule has 2 aromatic rings. The minimum atomic E-state index is -0.551. The van der Waals surface area contributed by atoms with Crippen molar-refractivity contribution >= 4 is 23.4 Å². The predicted octanol–water partition coefficient (Wildman–Crippen LogP) is 2.30. The molecule has 0 unspecified atom stereocenters. The molecule has 122 valence electrons. The second-order valence-corrected chi connectivity index (χ2v) is 5.63. The van der Waals surface area contributed by atoms with Crippen molar-refractivity contribution in [3.8, 4) is 0 Å². The molecule has 0 aliphatic carbocycles. The number of hydrogen-bond acceptors (Lipinski definition) is 3. The topological polar surface area (TPSA) is 66.5 Å². The molecule has 3 rings (SSSR count). The number of anilines is 1. The molecule has 0 spiro atoms. The van der Waals surface area contributed by atoms with Crippen LogP contribution in [0.4, 0.5) is 10.1 Å². The number of carbonyl (C=O) groups excluding carboxylic acids is 3. The van der Waals surface area contributed by atoms with Gasteiger partial charge in [0.2, 0.25) is 11.8 Å².